The Kier molecular flexibility index (Phi) is 4.11. The summed E-state index contributed by atoms with van der Waals surface area (Å²) >= 11 is 0. The van der Waals surface area contributed by atoms with E-state index in [9.17, 15) is 4.79 Å². The van der Waals surface area contributed by atoms with Crippen LogP contribution in [-0.2, 0) is 16.1 Å². The SMILES string of the molecule is COCCN(C)C(=O)Cn1ccc(N)n1. The van der Waals surface area contributed by atoms with Crippen LogP contribution in [0.4, 0.5) is 5.82 Å². The van der Waals surface area contributed by atoms with Crippen molar-refractivity contribution in [1.82, 2.24) is 14.7 Å². The van der Waals surface area contributed by atoms with Gasteiger partial charge in [-0.3, -0.25) is 9.48 Å². The molecule has 0 saturated heterocycles. The molecule has 0 fully saturated rings. The molecule has 0 bridgehead atoms. The monoisotopic (exact) mass is 212 g/mol. The number of nitrogens with two attached hydrogens (primary N) is 1. The number of likely N-dealkylation sites (N-methyl/N-ethyl adjacent to an activating group) is 1. The minimum Gasteiger partial charge on any atom is -0.383 e. The Hall–Kier alpha value is -1.56. The summed E-state index contributed by atoms with van der Waals surface area (Å²) in [6.07, 6.45) is 1.68. The molecule has 1 aromatic heterocycles. The van der Waals surface area contributed by atoms with Gasteiger partial charge in [-0.25, -0.2) is 0 Å². The van der Waals surface area contributed by atoms with Crippen molar-refractivity contribution in [3.05, 3.63) is 12.3 Å². The number of hydrogen-bond donors (Lipinski definition) is 1. The maximum absolute atomic E-state index is 11.6. The molecule has 1 amide bonds. The first kappa shape index (κ1) is 11.5. The topological polar surface area (TPSA) is 73.4 Å². The smallest absolute Gasteiger partial charge is 0.244 e. The first-order chi connectivity index (χ1) is 7.13. The number of nitrogen functional groups attached to an aromatic ring is 1. The number of ether oxygens (including phenoxy) is 1. The number of carbonyl (C=O) groups excluding carboxylic acids is 1. The summed E-state index contributed by atoms with van der Waals surface area (Å²) in [5.41, 5.74) is 5.43. The second-order valence-electron chi connectivity index (χ2n) is 3.25. The molecule has 6 nitrogen and oxygen atoms in total. The lowest BCUT2D eigenvalue weighted by atomic mass is 10.5. The van der Waals surface area contributed by atoms with Crippen molar-refractivity contribution in [3.63, 3.8) is 0 Å². The highest BCUT2D eigenvalue weighted by atomic mass is 16.5. The van der Waals surface area contributed by atoms with E-state index in [1.807, 2.05) is 0 Å². The molecular weight excluding hydrogens is 196 g/mol. The second-order valence-corrected chi connectivity index (χ2v) is 3.25. The van der Waals surface area contributed by atoms with Gasteiger partial charge in [-0.05, 0) is 6.07 Å². The predicted molar refractivity (Wildman–Crippen MR) is 56.2 cm³/mol. The highest BCUT2D eigenvalue weighted by Gasteiger charge is 2.09. The van der Waals surface area contributed by atoms with Crippen LogP contribution in [-0.4, -0.2) is 47.9 Å². The molecule has 0 saturated carbocycles. The summed E-state index contributed by atoms with van der Waals surface area (Å²) < 4.78 is 6.40. The number of nitrogens with zero attached hydrogens (tertiary/aromatic N) is 3. The zero-order valence-electron chi connectivity index (χ0n) is 9.01. The summed E-state index contributed by atoms with van der Waals surface area (Å²) in [4.78, 5) is 13.2. The van der Waals surface area contributed by atoms with Gasteiger partial charge in [0, 0.05) is 26.9 Å². The molecule has 2 N–H and O–H groups in total. The molecule has 0 atom stereocenters. The molecule has 0 aromatic carbocycles. The zero-order chi connectivity index (χ0) is 11.3. The van der Waals surface area contributed by atoms with E-state index in [1.165, 1.54) is 4.68 Å². The maximum atomic E-state index is 11.6. The van der Waals surface area contributed by atoms with Gasteiger partial charge in [0.15, 0.2) is 0 Å². The Morgan fingerprint density at radius 2 is 2.47 bits per heavy atom. The Morgan fingerprint density at radius 3 is 3.00 bits per heavy atom. The minimum absolute atomic E-state index is 0.0184. The Balaban J connectivity index is 2.41. The van der Waals surface area contributed by atoms with Crippen molar-refractivity contribution in [2.24, 2.45) is 0 Å². The van der Waals surface area contributed by atoms with Crippen LogP contribution < -0.4 is 5.73 Å². The normalized spacial score (nSPS) is 10.3. The predicted octanol–water partition coefficient (Wildman–Crippen LogP) is -0.430. The van der Waals surface area contributed by atoms with Crippen molar-refractivity contribution in [1.29, 1.82) is 0 Å². The van der Waals surface area contributed by atoms with Crippen LogP contribution in [0.25, 0.3) is 0 Å². The molecule has 1 rings (SSSR count). The third kappa shape index (κ3) is 3.59. The zero-order valence-corrected chi connectivity index (χ0v) is 9.01. The summed E-state index contributed by atoms with van der Waals surface area (Å²) in [5, 5.41) is 3.93. The van der Waals surface area contributed by atoms with E-state index in [-0.39, 0.29) is 12.5 Å². The van der Waals surface area contributed by atoms with Gasteiger partial charge in [-0.1, -0.05) is 0 Å². The van der Waals surface area contributed by atoms with Crippen molar-refractivity contribution < 1.29 is 9.53 Å². The van der Waals surface area contributed by atoms with Crippen molar-refractivity contribution in [3.8, 4) is 0 Å². The fourth-order valence-corrected chi connectivity index (χ4v) is 1.08. The van der Waals surface area contributed by atoms with E-state index in [0.717, 1.165) is 0 Å². The number of carbonyl (C=O) groups is 1. The largest absolute Gasteiger partial charge is 0.383 e. The van der Waals surface area contributed by atoms with Gasteiger partial charge in [0.2, 0.25) is 5.91 Å². The first-order valence-corrected chi connectivity index (χ1v) is 4.65. The lowest BCUT2D eigenvalue weighted by molar-refractivity contribution is -0.131. The first-order valence-electron chi connectivity index (χ1n) is 4.65. The Morgan fingerprint density at radius 1 is 1.73 bits per heavy atom. The molecule has 15 heavy (non-hydrogen) atoms. The van der Waals surface area contributed by atoms with Crippen LogP contribution in [0.1, 0.15) is 0 Å². The van der Waals surface area contributed by atoms with Gasteiger partial charge >= 0.3 is 0 Å². The average molecular weight is 212 g/mol. The molecule has 0 aliphatic heterocycles. The molecule has 1 aromatic rings. The average Bonchev–Trinajstić information content (AvgIpc) is 2.60. The second kappa shape index (κ2) is 5.35. The van der Waals surface area contributed by atoms with Crippen LogP contribution >= 0.6 is 0 Å². The third-order valence-electron chi connectivity index (χ3n) is 2.02. The molecule has 0 unspecified atom stereocenters. The molecule has 0 spiro atoms. The lowest BCUT2D eigenvalue weighted by Gasteiger charge is -2.16. The third-order valence-corrected chi connectivity index (χ3v) is 2.02. The molecule has 6 heteroatoms. The van der Waals surface area contributed by atoms with Crippen LogP contribution in [0.2, 0.25) is 0 Å². The van der Waals surface area contributed by atoms with E-state index in [1.54, 1.807) is 31.3 Å². The number of methoxy groups -OCH3 is 1. The number of hydrogen-bond acceptors (Lipinski definition) is 4. The van der Waals surface area contributed by atoms with E-state index >= 15 is 0 Å². The number of rotatable bonds is 5. The summed E-state index contributed by atoms with van der Waals surface area (Å²) in [7, 11) is 3.33. The van der Waals surface area contributed by atoms with Crippen LogP contribution in [0, 0.1) is 0 Å². The lowest BCUT2D eigenvalue weighted by Crippen LogP contribution is -2.32. The molecule has 0 aliphatic carbocycles. The van der Waals surface area contributed by atoms with Crippen molar-refractivity contribution >= 4 is 11.7 Å². The van der Waals surface area contributed by atoms with Crippen LogP contribution in [0.3, 0.4) is 0 Å². The van der Waals surface area contributed by atoms with E-state index in [4.69, 9.17) is 10.5 Å². The summed E-state index contributed by atoms with van der Waals surface area (Å²) in [5.74, 6) is 0.400. The fraction of sp³-hybridized carbons (Fsp3) is 0.556. The Labute approximate surface area is 88.6 Å². The Bertz CT molecular complexity index is 324. The fourth-order valence-electron chi connectivity index (χ4n) is 1.08. The van der Waals surface area contributed by atoms with Crippen LogP contribution in [0.5, 0.6) is 0 Å². The quantitative estimate of drug-likeness (QED) is 0.718. The number of anilines is 1. The molecule has 1 heterocycles. The van der Waals surface area contributed by atoms with Gasteiger partial charge in [0.25, 0.3) is 0 Å². The van der Waals surface area contributed by atoms with Gasteiger partial charge < -0.3 is 15.4 Å². The van der Waals surface area contributed by atoms with Gasteiger partial charge in [-0.2, -0.15) is 5.10 Å². The molecule has 0 aliphatic rings. The number of amides is 1. The summed E-state index contributed by atoms with van der Waals surface area (Å²) in [6, 6.07) is 1.66. The van der Waals surface area contributed by atoms with Gasteiger partial charge in [0.1, 0.15) is 12.4 Å². The van der Waals surface area contributed by atoms with E-state index < -0.39 is 0 Å². The highest BCUT2D eigenvalue weighted by Crippen LogP contribution is 1.97. The maximum Gasteiger partial charge on any atom is 0.244 e. The van der Waals surface area contributed by atoms with Crippen LogP contribution in [0.15, 0.2) is 12.3 Å². The molecule has 0 radical (unpaired) electrons. The van der Waals surface area contributed by atoms with Gasteiger partial charge in [-0.15, -0.1) is 0 Å². The van der Waals surface area contributed by atoms with Crippen molar-refractivity contribution in [2.75, 3.05) is 33.0 Å². The van der Waals surface area contributed by atoms with Gasteiger partial charge in [0.05, 0.1) is 6.61 Å². The number of aromatic nitrogens is 2. The summed E-state index contributed by atoms with van der Waals surface area (Å²) in [6.45, 7) is 1.31. The van der Waals surface area contributed by atoms with E-state index in [0.29, 0.717) is 19.0 Å². The minimum atomic E-state index is -0.0184. The van der Waals surface area contributed by atoms with E-state index in [2.05, 4.69) is 5.10 Å². The molecule has 84 valence electrons. The standard InChI is InChI=1S/C9H16N4O2/c1-12(5-6-15-2)9(14)7-13-4-3-8(10)11-13/h3-4H,5-7H2,1-2H3,(H2,10,11). The highest BCUT2D eigenvalue weighted by molar-refractivity contribution is 5.75. The van der Waals surface area contributed by atoms with Crippen molar-refractivity contribution in [2.45, 2.75) is 6.54 Å². The molecular formula is C9H16N4O2.